The highest BCUT2D eigenvalue weighted by molar-refractivity contribution is 5.61. The maximum atomic E-state index is 8.64. The van der Waals surface area contributed by atoms with E-state index in [-0.39, 0.29) is 17.3 Å². The van der Waals surface area contributed by atoms with Gasteiger partial charge in [0.25, 0.3) is 0 Å². The van der Waals surface area contributed by atoms with E-state index in [4.69, 9.17) is 8.22 Å². The van der Waals surface area contributed by atoms with Gasteiger partial charge < -0.3 is 0 Å². The van der Waals surface area contributed by atoms with E-state index in [0.29, 0.717) is 5.69 Å². The molecular formula is C19H26N+. The normalized spacial score (nSPS) is 17.4. The fourth-order valence-corrected chi connectivity index (χ4v) is 2.22. The van der Waals surface area contributed by atoms with E-state index in [0.717, 1.165) is 11.1 Å². The second-order valence-electron chi connectivity index (χ2n) is 6.18. The third kappa shape index (κ3) is 3.27. The van der Waals surface area contributed by atoms with Crippen LogP contribution in [0, 0.1) is 19.2 Å². The summed E-state index contributed by atoms with van der Waals surface area (Å²) in [6, 6.07) is 9.23. The summed E-state index contributed by atoms with van der Waals surface area (Å²) in [4.78, 5) is 0. The SMILES string of the molecule is [2H]c1c(C([2H])([2H])[2H])c(C([2H])([2H])C(C)(C)C)cc(-c2ccccc2C)[n+]1C. The summed E-state index contributed by atoms with van der Waals surface area (Å²) in [6.45, 7) is 4.57. The molecule has 0 fully saturated rings. The average molecular weight is 274 g/mol. The van der Waals surface area contributed by atoms with Crippen LogP contribution in [0.2, 0.25) is 0 Å². The van der Waals surface area contributed by atoms with E-state index in [2.05, 4.69) is 0 Å². The van der Waals surface area contributed by atoms with E-state index in [9.17, 15) is 0 Å². The van der Waals surface area contributed by atoms with Crippen molar-refractivity contribution in [3.8, 4) is 11.3 Å². The quantitative estimate of drug-likeness (QED) is 0.715. The van der Waals surface area contributed by atoms with Crippen molar-refractivity contribution < 1.29 is 12.8 Å². The highest BCUT2D eigenvalue weighted by Crippen LogP contribution is 2.26. The van der Waals surface area contributed by atoms with Crippen LogP contribution in [0.3, 0.4) is 0 Å². The summed E-state index contributed by atoms with van der Waals surface area (Å²) in [5.41, 5.74) is 1.47. The van der Waals surface area contributed by atoms with Crippen molar-refractivity contribution in [3.63, 3.8) is 0 Å². The van der Waals surface area contributed by atoms with Crippen LogP contribution in [0.4, 0.5) is 0 Å². The van der Waals surface area contributed by atoms with Crippen molar-refractivity contribution in [2.45, 2.75) is 40.9 Å². The monoisotopic (exact) mass is 274 g/mol. The minimum Gasteiger partial charge on any atom is -0.201 e. The number of pyridine rings is 1. The first-order valence-corrected chi connectivity index (χ1v) is 6.80. The number of aryl methyl sites for hydroxylation is 1. The van der Waals surface area contributed by atoms with Crippen molar-refractivity contribution in [3.05, 3.63) is 53.2 Å². The third-order valence-corrected chi connectivity index (χ3v) is 3.12. The Labute approximate surface area is 131 Å². The van der Waals surface area contributed by atoms with Crippen molar-refractivity contribution in [1.82, 2.24) is 0 Å². The smallest absolute Gasteiger partial charge is 0.201 e. The van der Waals surface area contributed by atoms with Gasteiger partial charge >= 0.3 is 0 Å². The summed E-state index contributed by atoms with van der Waals surface area (Å²) >= 11 is 0. The molecule has 1 heterocycles. The first-order chi connectivity index (χ1) is 11.7. The van der Waals surface area contributed by atoms with Gasteiger partial charge in [0.1, 0.15) is 8.42 Å². The van der Waals surface area contributed by atoms with Crippen LogP contribution in [0.5, 0.6) is 0 Å². The second-order valence-corrected chi connectivity index (χ2v) is 6.18. The number of nitrogens with zero attached hydrogens (tertiary/aromatic N) is 1. The van der Waals surface area contributed by atoms with E-state index < -0.39 is 18.6 Å². The summed E-state index contributed by atoms with van der Waals surface area (Å²) in [6.07, 6.45) is -2.10. The van der Waals surface area contributed by atoms with Crippen LogP contribution in [-0.4, -0.2) is 0 Å². The van der Waals surface area contributed by atoms with Crippen molar-refractivity contribution in [2.75, 3.05) is 0 Å². The standard InChI is InChI=1S/C19H26N/c1-14-9-7-8-10-17(14)18-11-16(12-19(3,4)5)15(2)13-20(18)6/h7-11,13H,12H2,1-6H3/q+1/i2D3,12D2,13D. The number of rotatable bonds is 2. The Kier molecular flexibility index (Phi) is 2.32. The molecule has 20 heavy (non-hydrogen) atoms. The lowest BCUT2D eigenvalue weighted by Crippen LogP contribution is -2.32. The molecule has 0 aliphatic heterocycles. The van der Waals surface area contributed by atoms with Crippen LogP contribution in [0.25, 0.3) is 11.3 Å². The second kappa shape index (κ2) is 5.40. The maximum Gasteiger partial charge on any atom is 0.212 e. The molecule has 0 spiro atoms. The van der Waals surface area contributed by atoms with Crippen LogP contribution < -0.4 is 4.57 Å². The molecule has 0 amide bonds. The Balaban J connectivity index is 2.96. The summed E-state index contributed by atoms with van der Waals surface area (Å²) in [5.74, 6) is 0. The Morgan fingerprint density at radius 1 is 1.25 bits per heavy atom. The molecule has 0 radical (unpaired) electrons. The zero-order valence-corrected chi connectivity index (χ0v) is 12.8. The molecule has 1 heteroatoms. The largest absolute Gasteiger partial charge is 0.212 e. The molecule has 0 aliphatic rings. The van der Waals surface area contributed by atoms with Gasteiger partial charge in [-0.1, -0.05) is 39.0 Å². The molecule has 0 saturated heterocycles. The molecule has 1 aromatic heterocycles. The van der Waals surface area contributed by atoms with Gasteiger partial charge in [0, 0.05) is 24.0 Å². The fourth-order valence-electron chi connectivity index (χ4n) is 2.22. The average Bonchev–Trinajstić information content (AvgIpc) is 2.48. The molecule has 2 rings (SSSR count). The zero-order valence-electron chi connectivity index (χ0n) is 18.8. The highest BCUT2D eigenvalue weighted by Gasteiger charge is 2.19. The number of hydrogen-bond acceptors (Lipinski definition) is 0. The topological polar surface area (TPSA) is 3.88 Å². The molecule has 0 aliphatic carbocycles. The number of benzene rings is 1. The molecule has 0 atom stereocenters. The lowest BCUT2D eigenvalue weighted by molar-refractivity contribution is -0.660. The molecule has 1 nitrogen and oxygen atoms in total. The summed E-state index contributed by atoms with van der Waals surface area (Å²) in [7, 11) is 1.65. The fraction of sp³-hybridized carbons (Fsp3) is 0.421. The summed E-state index contributed by atoms with van der Waals surface area (Å²) < 4.78 is 50.9. The van der Waals surface area contributed by atoms with Crippen LogP contribution in [-0.2, 0) is 13.4 Å². The number of hydrogen-bond donors (Lipinski definition) is 0. The van der Waals surface area contributed by atoms with Crippen molar-refractivity contribution in [2.24, 2.45) is 12.5 Å². The molecule has 0 bridgehead atoms. The Hall–Kier alpha value is -1.63. The van der Waals surface area contributed by atoms with E-state index in [1.165, 1.54) is 4.57 Å². The predicted octanol–water partition coefficient (Wildman–Crippen LogP) is 4.38. The van der Waals surface area contributed by atoms with Crippen molar-refractivity contribution in [1.29, 1.82) is 0 Å². The minimum absolute atomic E-state index is 0.0614. The Morgan fingerprint density at radius 3 is 2.55 bits per heavy atom. The summed E-state index contributed by atoms with van der Waals surface area (Å²) in [5, 5.41) is 0. The Bertz CT molecular complexity index is 831. The van der Waals surface area contributed by atoms with Crippen LogP contribution in [0.15, 0.2) is 36.5 Å². The molecule has 0 saturated carbocycles. The first kappa shape index (κ1) is 8.61. The molecular weight excluding hydrogens is 242 g/mol. The van der Waals surface area contributed by atoms with Gasteiger partial charge in [0.15, 0.2) is 6.17 Å². The zero-order chi connectivity index (χ0) is 20.1. The molecule has 0 N–H and O–H groups in total. The van der Waals surface area contributed by atoms with E-state index in [1.54, 1.807) is 33.9 Å². The lowest BCUT2D eigenvalue weighted by Gasteiger charge is -2.19. The minimum atomic E-state index is -2.58. The maximum absolute atomic E-state index is 8.64. The van der Waals surface area contributed by atoms with Gasteiger partial charge in [-0.25, -0.2) is 4.57 Å². The highest BCUT2D eigenvalue weighted by atomic mass is 14.9. The molecule has 2 aromatic rings. The van der Waals surface area contributed by atoms with Gasteiger partial charge in [0.2, 0.25) is 5.69 Å². The molecule has 0 unspecified atom stereocenters. The van der Waals surface area contributed by atoms with Crippen molar-refractivity contribution >= 4 is 0 Å². The molecule has 1 aromatic carbocycles. The molecule has 106 valence electrons. The van der Waals surface area contributed by atoms with Crippen LogP contribution in [0.1, 0.15) is 45.7 Å². The Morgan fingerprint density at radius 2 is 1.95 bits per heavy atom. The van der Waals surface area contributed by atoms with Gasteiger partial charge in [-0.05, 0) is 42.8 Å². The van der Waals surface area contributed by atoms with Gasteiger partial charge in [-0.2, -0.15) is 0 Å². The van der Waals surface area contributed by atoms with E-state index >= 15 is 0 Å². The van der Waals surface area contributed by atoms with Gasteiger partial charge in [-0.3, -0.25) is 0 Å². The number of aromatic nitrogens is 1. The van der Waals surface area contributed by atoms with Gasteiger partial charge in [-0.15, -0.1) is 0 Å². The third-order valence-electron chi connectivity index (χ3n) is 3.12. The lowest BCUT2D eigenvalue weighted by atomic mass is 9.86. The van der Waals surface area contributed by atoms with Gasteiger partial charge in [0.05, 0.1) is 0 Å². The predicted molar refractivity (Wildman–Crippen MR) is 85.7 cm³/mol. The van der Waals surface area contributed by atoms with E-state index in [1.807, 2.05) is 31.2 Å². The van der Waals surface area contributed by atoms with Crippen LogP contribution >= 0.6 is 0 Å². The first-order valence-electron chi connectivity index (χ1n) is 9.80.